The molecule has 150 valence electrons. The fourth-order valence-electron chi connectivity index (χ4n) is 4.29. The number of hydrogen-bond acceptors (Lipinski definition) is 3. The van der Waals surface area contributed by atoms with Crippen LogP contribution >= 0.6 is 0 Å². The Morgan fingerprint density at radius 1 is 1.04 bits per heavy atom. The second-order valence-electron chi connectivity index (χ2n) is 7.75. The Morgan fingerprint density at radius 2 is 1.82 bits per heavy atom. The highest BCUT2D eigenvalue weighted by Gasteiger charge is 2.26. The van der Waals surface area contributed by atoms with Gasteiger partial charge in [-0.05, 0) is 37.0 Å². The molecule has 1 aromatic carbocycles. The fraction of sp³-hybridized carbons (Fsp3) is 0.524. The van der Waals surface area contributed by atoms with Crippen molar-refractivity contribution in [1.82, 2.24) is 19.6 Å². The standard InChI is InChI=1S/C21H28FN5O/c22-18-8-6-17(7-9-18)16-27-20(10-11-23-27)24-21(28)26-13-3-12-25(14-15-26)19-4-1-2-5-19/h6-11,19H,1-5,12-16H2,(H,24,28). The molecular formula is C21H28FN5O. The number of carbonyl (C=O) groups excluding carboxylic acids is 1. The van der Waals surface area contributed by atoms with Crippen molar-refractivity contribution in [1.29, 1.82) is 0 Å². The number of carbonyl (C=O) groups is 1. The molecule has 2 heterocycles. The van der Waals surface area contributed by atoms with Gasteiger partial charge < -0.3 is 4.90 Å². The van der Waals surface area contributed by atoms with E-state index in [1.165, 1.54) is 37.8 Å². The molecule has 7 heteroatoms. The molecule has 1 saturated heterocycles. The SMILES string of the molecule is O=C(Nc1ccnn1Cc1ccc(F)cc1)N1CCCN(C2CCCC2)CC1. The molecule has 2 fully saturated rings. The van der Waals surface area contributed by atoms with Crippen molar-refractivity contribution in [2.45, 2.75) is 44.7 Å². The largest absolute Gasteiger partial charge is 0.323 e. The van der Waals surface area contributed by atoms with E-state index in [-0.39, 0.29) is 11.8 Å². The van der Waals surface area contributed by atoms with Gasteiger partial charge in [0.1, 0.15) is 11.6 Å². The van der Waals surface area contributed by atoms with Crippen LogP contribution < -0.4 is 5.32 Å². The Balaban J connectivity index is 1.35. The van der Waals surface area contributed by atoms with Crippen LogP contribution in [0, 0.1) is 5.82 Å². The van der Waals surface area contributed by atoms with Gasteiger partial charge >= 0.3 is 6.03 Å². The summed E-state index contributed by atoms with van der Waals surface area (Å²) in [5.74, 6) is 0.400. The summed E-state index contributed by atoms with van der Waals surface area (Å²) < 4.78 is 14.8. The van der Waals surface area contributed by atoms with Crippen molar-refractivity contribution in [3.05, 3.63) is 47.9 Å². The highest BCUT2D eigenvalue weighted by molar-refractivity contribution is 5.88. The smallest absolute Gasteiger partial charge is 0.323 e. The number of rotatable bonds is 4. The maximum atomic E-state index is 13.1. The van der Waals surface area contributed by atoms with Gasteiger partial charge in [0.2, 0.25) is 0 Å². The van der Waals surface area contributed by atoms with Gasteiger partial charge in [0.15, 0.2) is 0 Å². The van der Waals surface area contributed by atoms with Crippen LogP contribution in [-0.4, -0.2) is 57.8 Å². The third kappa shape index (κ3) is 4.52. The zero-order valence-corrected chi connectivity index (χ0v) is 16.2. The molecule has 1 aliphatic carbocycles. The van der Waals surface area contributed by atoms with Crippen molar-refractivity contribution in [2.75, 3.05) is 31.5 Å². The third-order valence-electron chi connectivity index (χ3n) is 5.86. The molecule has 4 rings (SSSR count). The van der Waals surface area contributed by atoms with Gasteiger partial charge in [-0.2, -0.15) is 5.10 Å². The molecule has 1 saturated carbocycles. The second-order valence-corrected chi connectivity index (χ2v) is 7.75. The van der Waals surface area contributed by atoms with Gasteiger partial charge in [0, 0.05) is 38.3 Å². The van der Waals surface area contributed by atoms with Crippen LogP contribution in [0.25, 0.3) is 0 Å². The van der Waals surface area contributed by atoms with Crippen molar-refractivity contribution in [3.63, 3.8) is 0 Å². The second kappa shape index (κ2) is 8.73. The predicted octanol–water partition coefficient (Wildman–Crippen LogP) is 3.55. The molecular weight excluding hydrogens is 357 g/mol. The molecule has 0 unspecified atom stereocenters. The Hall–Kier alpha value is -2.41. The maximum Gasteiger partial charge on any atom is 0.323 e. The van der Waals surface area contributed by atoms with E-state index in [2.05, 4.69) is 15.3 Å². The average Bonchev–Trinajstić information content (AvgIpc) is 3.31. The number of hydrogen-bond donors (Lipinski definition) is 1. The van der Waals surface area contributed by atoms with E-state index in [1.54, 1.807) is 29.1 Å². The average molecular weight is 385 g/mol. The Kier molecular flexibility index (Phi) is 5.90. The van der Waals surface area contributed by atoms with Gasteiger partial charge in [-0.15, -0.1) is 0 Å². The lowest BCUT2D eigenvalue weighted by Crippen LogP contribution is -2.40. The van der Waals surface area contributed by atoms with Crippen LogP contribution in [0.15, 0.2) is 36.5 Å². The van der Waals surface area contributed by atoms with E-state index < -0.39 is 0 Å². The van der Waals surface area contributed by atoms with Crippen LogP contribution in [0.2, 0.25) is 0 Å². The Bertz CT molecular complexity index is 784. The summed E-state index contributed by atoms with van der Waals surface area (Å²) in [6.45, 7) is 4.05. The first-order valence-corrected chi connectivity index (χ1v) is 10.3. The molecule has 2 aromatic rings. The minimum atomic E-state index is -0.259. The van der Waals surface area contributed by atoms with Crippen molar-refractivity contribution in [2.24, 2.45) is 0 Å². The summed E-state index contributed by atoms with van der Waals surface area (Å²) in [6, 6.07) is 8.76. The molecule has 2 aliphatic rings. The number of nitrogens with zero attached hydrogens (tertiary/aromatic N) is 4. The summed E-state index contributed by atoms with van der Waals surface area (Å²) in [5, 5.41) is 7.30. The molecule has 0 spiro atoms. The summed E-state index contributed by atoms with van der Waals surface area (Å²) in [5.41, 5.74) is 0.933. The van der Waals surface area contributed by atoms with E-state index in [9.17, 15) is 9.18 Å². The minimum absolute atomic E-state index is 0.0749. The normalized spacial score (nSPS) is 19.0. The number of benzene rings is 1. The molecule has 2 amide bonds. The predicted molar refractivity (Wildman–Crippen MR) is 107 cm³/mol. The van der Waals surface area contributed by atoms with Gasteiger partial charge in [-0.3, -0.25) is 10.2 Å². The molecule has 0 radical (unpaired) electrons. The summed E-state index contributed by atoms with van der Waals surface area (Å²) in [7, 11) is 0. The monoisotopic (exact) mass is 385 g/mol. The molecule has 6 nitrogen and oxygen atoms in total. The van der Waals surface area contributed by atoms with Crippen LogP contribution in [0.3, 0.4) is 0 Å². The van der Waals surface area contributed by atoms with Crippen LogP contribution in [-0.2, 0) is 6.54 Å². The lowest BCUT2D eigenvalue weighted by atomic mass is 10.2. The number of nitrogens with one attached hydrogen (secondary N) is 1. The first-order valence-electron chi connectivity index (χ1n) is 10.3. The van der Waals surface area contributed by atoms with Gasteiger partial charge in [-0.25, -0.2) is 13.9 Å². The quantitative estimate of drug-likeness (QED) is 0.876. The Labute approximate surface area is 165 Å². The van der Waals surface area contributed by atoms with E-state index in [0.29, 0.717) is 18.4 Å². The number of aromatic nitrogens is 2. The van der Waals surface area contributed by atoms with Crippen LogP contribution in [0.1, 0.15) is 37.7 Å². The fourth-order valence-corrected chi connectivity index (χ4v) is 4.29. The van der Waals surface area contributed by atoms with E-state index >= 15 is 0 Å². The first-order chi connectivity index (χ1) is 13.7. The van der Waals surface area contributed by atoms with Crippen LogP contribution in [0.5, 0.6) is 0 Å². The molecule has 28 heavy (non-hydrogen) atoms. The van der Waals surface area contributed by atoms with Crippen molar-refractivity contribution < 1.29 is 9.18 Å². The minimum Gasteiger partial charge on any atom is -0.323 e. The van der Waals surface area contributed by atoms with Gasteiger partial charge in [0.25, 0.3) is 0 Å². The van der Waals surface area contributed by atoms with E-state index in [1.807, 2.05) is 4.90 Å². The molecule has 0 bridgehead atoms. The lowest BCUT2D eigenvalue weighted by Gasteiger charge is -2.27. The maximum absolute atomic E-state index is 13.1. The van der Waals surface area contributed by atoms with Gasteiger partial charge in [0.05, 0.1) is 12.7 Å². The summed E-state index contributed by atoms with van der Waals surface area (Å²) >= 11 is 0. The summed E-state index contributed by atoms with van der Waals surface area (Å²) in [4.78, 5) is 17.3. The summed E-state index contributed by atoms with van der Waals surface area (Å²) in [6.07, 6.45) is 7.96. The number of amides is 2. The Morgan fingerprint density at radius 3 is 2.61 bits per heavy atom. The topological polar surface area (TPSA) is 53.4 Å². The number of urea groups is 1. The van der Waals surface area contributed by atoms with E-state index in [4.69, 9.17) is 0 Å². The molecule has 1 aliphatic heterocycles. The highest BCUT2D eigenvalue weighted by Crippen LogP contribution is 2.24. The first kappa shape index (κ1) is 18.9. The molecule has 1 aromatic heterocycles. The molecule has 0 atom stereocenters. The lowest BCUT2D eigenvalue weighted by molar-refractivity contribution is 0.195. The van der Waals surface area contributed by atoms with Crippen molar-refractivity contribution in [3.8, 4) is 0 Å². The molecule has 1 N–H and O–H groups in total. The zero-order chi connectivity index (χ0) is 19.3. The number of anilines is 1. The van der Waals surface area contributed by atoms with Crippen molar-refractivity contribution >= 4 is 11.8 Å². The zero-order valence-electron chi connectivity index (χ0n) is 16.2. The van der Waals surface area contributed by atoms with E-state index in [0.717, 1.165) is 38.2 Å². The highest BCUT2D eigenvalue weighted by atomic mass is 19.1. The third-order valence-corrected chi connectivity index (χ3v) is 5.86. The number of halogens is 1. The van der Waals surface area contributed by atoms with Gasteiger partial charge in [-0.1, -0.05) is 25.0 Å². The van der Waals surface area contributed by atoms with Crippen LogP contribution in [0.4, 0.5) is 15.0 Å².